The van der Waals surface area contributed by atoms with Crippen LogP contribution in [0.5, 0.6) is 11.5 Å². The van der Waals surface area contributed by atoms with Crippen molar-refractivity contribution in [3.8, 4) is 11.5 Å². The molecule has 0 spiro atoms. The molecule has 1 atom stereocenters. The minimum absolute atomic E-state index is 0.0470. The third kappa shape index (κ3) is 5.00. The number of carbonyl (C=O) groups excluding carboxylic acids is 1. The lowest BCUT2D eigenvalue weighted by atomic mass is 10.1. The van der Waals surface area contributed by atoms with Gasteiger partial charge in [0.2, 0.25) is 11.0 Å². The second-order valence-electron chi connectivity index (χ2n) is 4.90. The number of nitrogen functional groups attached to an aromatic ring is 1. The summed E-state index contributed by atoms with van der Waals surface area (Å²) in [6, 6.07) is 5.72. The van der Waals surface area contributed by atoms with Crippen molar-refractivity contribution in [1.82, 2.24) is 15.5 Å². The van der Waals surface area contributed by atoms with E-state index in [0.29, 0.717) is 33.9 Å². The molecule has 1 amide bonds. The molecule has 1 heterocycles. The molecule has 1 aromatic carbocycles. The zero-order chi connectivity index (χ0) is 17.5. The summed E-state index contributed by atoms with van der Waals surface area (Å²) in [6.45, 7) is 2.37. The van der Waals surface area contributed by atoms with Gasteiger partial charge in [0.1, 0.15) is 0 Å². The van der Waals surface area contributed by atoms with Crippen LogP contribution in [-0.4, -0.2) is 42.1 Å². The second kappa shape index (κ2) is 8.74. The Morgan fingerprint density at radius 1 is 1.33 bits per heavy atom. The first kappa shape index (κ1) is 18.3. The molecule has 3 N–H and O–H groups in total. The van der Waals surface area contributed by atoms with Crippen molar-refractivity contribution in [2.75, 3.05) is 26.5 Å². The molecule has 0 bridgehead atoms. The molecule has 0 radical (unpaired) electrons. The van der Waals surface area contributed by atoms with Gasteiger partial charge in [0, 0.05) is 6.54 Å². The minimum atomic E-state index is -0.261. The van der Waals surface area contributed by atoms with Gasteiger partial charge in [-0.05, 0) is 31.0 Å². The van der Waals surface area contributed by atoms with Crippen LogP contribution in [0.15, 0.2) is 22.5 Å². The Kier molecular flexibility index (Phi) is 6.68. The lowest BCUT2D eigenvalue weighted by molar-refractivity contribution is -0.120. The van der Waals surface area contributed by atoms with Crippen LogP contribution in [-0.2, 0) is 11.2 Å². The Morgan fingerprint density at radius 3 is 2.71 bits per heavy atom. The van der Waals surface area contributed by atoms with Gasteiger partial charge in [-0.2, -0.15) is 0 Å². The molecule has 24 heavy (non-hydrogen) atoms. The number of nitrogens with zero attached hydrogens (tertiary/aromatic N) is 2. The fraction of sp³-hybridized carbons (Fsp3) is 0.400. The van der Waals surface area contributed by atoms with Crippen LogP contribution in [0, 0.1) is 0 Å². The second-order valence-corrected chi connectivity index (χ2v) is 7.49. The number of benzene rings is 1. The summed E-state index contributed by atoms with van der Waals surface area (Å²) in [4.78, 5) is 12.1. The van der Waals surface area contributed by atoms with Gasteiger partial charge >= 0.3 is 0 Å². The van der Waals surface area contributed by atoms with E-state index in [4.69, 9.17) is 15.2 Å². The quantitative estimate of drug-likeness (QED) is 0.687. The highest BCUT2D eigenvalue weighted by molar-refractivity contribution is 8.02. The highest BCUT2D eigenvalue weighted by Gasteiger charge is 2.16. The van der Waals surface area contributed by atoms with Gasteiger partial charge in [-0.1, -0.05) is 29.2 Å². The van der Waals surface area contributed by atoms with Crippen molar-refractivity contribution in [2.45, 2.75) is 22.9 Å². The number of hydrogen-bond acceptors (Lipinski definition) is 8. The van der Waals surface area contributed by atoms with Gasteiger partial charge in [0.15, 0.2) is 15.8 Å². The van der Waals surface area contributed by atoms with Gasteiger partial charge in [0.25, 0.3) is 0 Å². The fourth-order valence-electron chi connectivity index (χ4n) is 1.98. The van der Waals surface area contributed by atoms with E-state index in [1.807, 2.05) is 25.1 Å². The van der Waals surface area contributed by atoms with E-state index >= 15 is 0 Å². The van der Waals surface area contributed by atoms with E-state index in [9.17, 15) is 4.79 Å². The molecule has 0 fully saturated rings. The number of methoxy groups -OCH3 is 2. The van der Waals surface area contributed by atoms with Crippen molar-refractivity contribution >= 4 is 34.1 Å². The Bertz CT molecular complexity index is 693. The molecule has 9 heteroatoms. The van der Waals surface area contributed by atoms with Crippen LogP contribution in [0.1, 0.15) is 12.5 Å². The number of amides is 1. The Labute approximate surface area is 148 Å². The largest absolute Gasteiger partial charge is 0.493 e. The van der Waals surface area contributed by atoms with E-state index in [2.05, 4.69) is 15.5 Å². The lowest BCUT2D eigenvalue weighted by Gasteiger charge is -2.12. The summed E-state index contributed by atoms with van der Waals surface area (Å²) in [7, 11) is 3.20. The van der Waals surface area contributed by atoms with Gasteiger partial charge < -0.3 is 20.5 Å². The van der Waals surface area contributed by atoms with Gasteiger partial charge in [-0.25, -0.2) is 0 Å². The number of ether oxygens (including phenoxy) is 2. The third-order valence-corrected chi connectivity index (χ3v) is 5.17. The van der Waals surface area contributed by atoms with Crippen molar-refractivity contribution in [1.29, 1.82) is 0 Å². The maximum absolute atomic E-state index is 12.1. The first-order valence-electron chi connectivity index (χ1n) is 7.27. The average Bonchev–Trinajstić information content (AvgIpc) is 2.99. The molecule has 0 saturated heterocycles. The summed E-state index contributed by atoms with van der Waals surface area (Å²) >= 11 is 2.62. The lowest BCUT2D eigenvalue weighted by Crippen LogP contribution is -2.32. The molecule has 7 nitrogen and oxygen atoms in total. The van der Waals surface area contributed by atoms with Crippen LogP contribution in [0.2, 0.25) is 0 Å². The topological polar surface area (TPSA) is 99.4 Å². The standard InChI is InChI=1S/C15H20N4O3S2/c1-9(23-15-19-18-14(16)24-15)13(20)17-7-6-10-4-5-11(21-2)12(8-10)22-3/h4-5,8-9H,6-7H2,1-3H3,(H2,16,18)(H,17,20)/t9-/m1/s1. The predicted octanol–water partition coefficient (Wildman–Crippen LogP) is 1.98. The van der Waals surface area contributed by atoms with Gasteiger partial charge in [0.05, 0.1) is 19.5 Å². The SMILES string of the molecule is COc1ccc(CCNC(=O)[C@@H](C)Sc2nnc(N)s2)cc1OC. The zero-order valence-electron chi connectivity index (χ0n) is 13.7. The number of thioether (sulfide) groups is 1. The van der Waals surface area contributed by atoms with Crippen molar-refractivity contribution in [3.05, 3.63) is 23.8 Å². The molecule has 130 valence electrons. The molecular formula is C15H20N4O3S2. The van der Waals surface area contributed by atoms with Crippen molar-refractivity contribution in [2.24, 2.45) is 0 Å². The number of rotatable bonds is 8. The molecule has 2 aromatic rings. The van der Waals surface area contributed by atoms with Crippen LogP contribution in [0.4, 0.5) is 5.13 Å². The number of hydrogen-bond donors (Lipinski definition) is 2. The summed E-state index contributed by atoms with van der Waals surface area (Å²) in [5.74, 6) is 1.32. The van der Waals surface area contributed by atoms with Crippen LogP contribution < -0.4 is 20.5 Å². The van der Waals surface area contributed by atoms with E-state index < -0.39 is 0 Å². The first-order valence-corrected chi connectivity index (χ1v) is 8.97. The minimum Gasteiger partial charge on any atom is -0.493 e. The van der Waals surface area contributed by atoms with E-state index in [-0.39, 0.29) is 11.2 Å². The van der Waals surface area contributed by atoms with Crippen LogP contribution in [0.25, 0.3) is 0 Å². The molecule has 0 saturated carbocycles. The normalized spacial score (nSPS) is 11.8. The van der Waals surface area contributed by atoms with Gasteiger partial charge in [-0.15, -0.1) is 10.2 Å². The molecule has 0 aliphatic heterocycles. The molecule has 0 aliphatic carbocycles. The maximum Gasteiger partial charge on any atom is 0.233 e. The fourth-order valence-corrected chi connectivity index (χ4v) is 3.79. The predicted molar refractivity (Wildman–Crippen MR) is 95.9 cm³/mol. The van der Waals surface area contributed by atoms with Crippen LogP contribution >= 0.6 is 23.1 Å². The molecule has 2 rings (SSSR count). The van der Waals surface area contributed by atoms with Gasteiger partial charge in [-0.3, -0.25) is 4.79 Å². The van der Waals surface area contributed by atoms with Crippen molar-refractivity contribution < 1.29 is 14.3 Å². The monoisotopic (exact) mass is 368 g/mol. The zero-order valence-corrected chi connectivity index (χ0v) is 15.4. The Balaban J connectivity index is 1.81. The number of aromatic nitrogens is 2. The highest BCUT2D eigenvalue weighted by atomic mass is 32.2. The number of anilines is 1. The maximum atomic E-state index is 12.1. The highest BCUT2D eigenvalue weighted by Crippen LogP contribution is 2.28. The summed E-state index contributed by atoms with van der Waals surface area (Å²) in [6.07, 6.45) is 0.704. The summed E-state index contributed by atoms with van der Waals surface area (Å²) in [5, 5.41) is 10.7. The van der Waals surface area contributed by atoms with E-state index in [1.165, 1.54) is 23.1 Å². The van der Waals surface area contributed by atoms with E-state index in [1.54, 1.807) is 14.2 Å². The molecule has 0 aliphatic rings. The first-order chi connectivity index (χ1) is 11.5. The third-order valence-electron chi connectivity index (χ3n) is 3.23. The Morgan fingerprint density at radius 2 is 2.08 bits per heavy atom. The number of nitrogens with two attached hydrogens (primary N) is 1. The van der Waals surface area contributed by atoms with Crippen LogP contribution in [0.3, 0.4) is 0 Å². The van der Waals surface area contributed by atoms with E-state index in [0.717, 1.165) is 5.56 Å². The summed E-state index contributed by atoms with van der Waals surface area (Å²) in [5.41, 5.74) is 6.59. The number of nitrogens with one attached hydrogen (secondary N) is 1. The summed E-state index contributed by atoms with van der Waals surface area (Å²) < 4.78 is 11.2. The average molecular weight is 368 g/mol. The smallest absolute Gasteiger partial charge is 0.233 e. The molecule has 0 unspecified atom stereocenters. The number of carbonyl (C=O) groups is 1. The molecule has 1 aromatic heterocycles. The van der Waals surface area contributed by atoms with Crippen molar-refractivity contribution in [3.63, 3.8) is 0 Å². The molecular weight excluding hydrogens is 348 g/mol. The Hall–Kier alpha value is -2.00.